The summed E-state index contributed by atoms with van der Waals surface area (Å²) in [6.45, 7) is 8.34. The van der Waals surface area contributed by atoms with Gasteiger partial charge in [0.25, 0.3) is 0 Å². The molecule has 0 aliphatic rings. The van der Waals surface area contributed by atoms with E-state index in [0.29, 0.717) is 0 Å². The first-order valence-electron chi connectivity index (χ1n) is 6.38. The molecule has 3 heteroatoms. The molecular formula is C12H27O2P. The van der Waals surface area contributed by atoms with Crippen LogP contribution in [0.15, 0.2) is 0 Å². The van der Waals surface area contributed by atoms with Gasteiger partial charge in [0.05, 0.1) is 13.2 Å². The van der Waals surface area contributed by atoms with Gasteiger partial charge in [-0.3, -0.25) is 0 Å². The summed E-state index contributed by atoms with van der Waals surface area (Å²) in [5, 5.41) is 0. The van der Waals surface area contributed by atoms with Crippen LogP contribution < -0.4 is 0 Å². The van der Waals surface area contributed by atoms with Crippen molar-refractivity contribution in [3.8, 4) is 0 Å². The van der Waals surface area contributed by atoms with Crippen molar-refractivity contribution < 1.29 is 9.05 Å². The van der Waals surface area contributed by atoms with Gasteiger partial charge in [-0.25, -0.2) is 0 Å². The molecule has 2 nitrogen and oxygen atoms in total. The maximum Gasteiger partial charge on any atom is 0.170 e. The topological polar surface area (TPSA) is 18.5 Å². The Bertz CT molecular complexity index is 110. The van der Waals surface area contributed by atoms with E-state index in [4.69, 9.17) is 9.05 Å². The Kier molecular flexibility index (Phi) is 12.7. The summed E-state index contributed by atoms with van der Waals surface area (Å²) in [7, 11) is -0.590. The van der Waals surface area contributed by atoms with Gasteiger partial charge in [0.15, 0.2) is 8.38 Å². The number of hydrogen-bond donors (Lipinski definition) is 0. The van der Waals surface area contributed by atoms with Crippen molar-refractivity contribution in [2.24, 2.45) is 0 Å². The second-order valence-electron chi connectivity index (χ2n) is 3.78. The van der Waals surface area contributed by atoms with Crippen LogP contribution in [-0.2, 0) is 9.05 Å². The Morgan fingerprint density at radius 3 is 1.60 bits per heavy atom. The highest BCUT2D eigenvalue weighted by Crippen LogP contribution is 2.39. The average Bonchev–Trinajstić information content (AvgIpc) is 2.25. The summed E-state index contributed by atoms with van der Waals surface area (Å²) < 4.78 is 11.5. The fraction of sp³-hybridized carbons (Fsp3) is 1.00. The average molecular weight is 234 g/mol. The SMILES string of the molecule is CCCCOP(CCCC)OCCCC. The fourth-order valence-electron chi connectivity index (χ4n) is 1.07. The zero-order valence-electron chi connectivity index (χ0n) is 10.6. The molecule has 15 heavy (non-hydrogen) atoms. The Hall–Kier alpha value is 0.350. The molecule has 0 bridgehead atoms. The van der Waals surface area contributed by atoms with Crippen molar-refractivity contribution in [2.45, 2.75) is 59.3 Å². The minimum Gasteiger partial charge on any atom is -0.334 e. The Morgan fingerprint density at radius 2 is 1.20 bits per heavy atom. The summed E-state index contributed by atoms with van der Waals surface area (Å²) in [6.07, 6.45) is 8.28. The lowest BCUT2D eigenvalue weighted by Crippen LogP contribution is -1.98. The van der Waals surface area contributed by atoms with E-state index in [1.807, 2.05) is 0 Å². The van der Waals surface area contributed by atoms with E-state index in [-0.39, 0.29) is 0 Å². The molecule has 0 aromatic carbocycles. The van der Waals surface area contributed by atoms with Gasteiger partial charge in [0, 0.05) is 6.16 Å². The third kappa shape index (κ3) is 10.6. The third-order valence-electron chi connectivity index (χ3n) is 2.16. The molecule has 0 unspecified atom stereocenters. The maximum absolute atomic E-state index is 5.77. The first-order valence-corrected chi connectivity index (χ1v) is 7.74. The van der Waals surface area contributed by atoms with E-state index in [2.05, 4.69) is 20.8 Å². The van der Waals surface area contributed by atoms with E-state index in [9.17, 15) is 0 Å². The van der Waals surface area contributed by atoms with Crippen molar-refractivity contribution in [1.82, 2.24) is 0 Å². The maximum atomic E-state index is 5.77. The van der Waals surface area contributed by atoms with E-state index >= 15 is 0 Å². The van der Waals surface area contributed by atoms with E-state index in [1.54, 1.807) is 0 Å². The first kappa shape index (κ1) is 15.3. The molecule has 0 radical (unpaired) electrons. The van der Waals surface area contributed by atoms with Gasteiger partial charge in [-0.2, -0.15) is 0 Å². The normalized spacial score (nSPS) is 11.2. The number of rotatable bonds is 11. The Morgan fingerprint density at radius 1 is 0.733 bits per heavy atom. The van der Waals surface area contributed by atoms with Gasteiger partial charge in [0.1, 0.15) is 0 Å². The summed E-state index contributed by atoms with van der Waals surface area (Å²) >= 11 is 0. The van der Waals surface area contributed by atoms with Gasteiger partial charge in [-0.1, -0.05) is 40.0 Å². The second kappa shape index (κ2) is 12.4. The van der Waals surface area contributed by atoms with E-state index in [0.717, 1.165) is 32.2 Å². The largest absolute Gasteiger partial charge is 0.334 e. The minimum atomic E-state index is -0.590. The van der Waals surface area contributed by atoms with Crippen molar-refractivity contribution in [2.75, 3.05) is 19.4 Å². The monoisotopic (exact) mass is 234 g/mol. The summed E-state index contributed by atoms with van der Waals surface area (Å²) in [4.78, 5) is 0. The lowest BCUT2D eigenvalue weighted by Gasteiger charge is -2.16. The molecule has 0 atom stereocenters. The molecular weight excluding hydrogens is 207 g/mol. The Labute approximate surface area is 96.7 Å². The van der Waals surface area contributed by atoms with Crippen LogP contribution in [0, 0.1) is 0 Å². The summed E-state index contributed by atoms with van der Waals surface area (Å²) in [5.41, 5.74) is 0. The number of unbranched alkanes of at least 4 members (excludes halogenated alkanes) is 3. The van der Waals surface area contributed by atoms with Gasteiger partial charge >= 0.3 is 0 Å². The lowest BCUT2D eigenvalue weighted by molar-refractivity contribution is 0.242. The van der Waals surface area contributed by atoms with Crippen LogP contribution in [0.4, 0.5) is 0 Å². The van der Waals surface area contributed by atoms with Gasteiger partial charge in [-0.15, -0.1) is 0 Å². The van der Waals surface area contributed by atoms with Crippen molar-refractivity contribution in [3.63, 3.8) is 0 Å². The van der Waals surface area contributed by atoms with Gasteiger partial charge in [-0.05, 0) is 19.3 Å². The van der Waals surface area contributed by atoms with Crippen LogP contribution in [0.2, 0.25) is 0 Å². The standard InChI is InChI=1S/C12H27O2P/c1-4-7-10-13-15(12-9-6-3)14-11-8-5-2/h4-12H2,1-3H3. The summed E-state index contributed by atoms with van der Waals surface area (Å²) in [6, 6.07) is 0. The van der Waals surface area contributed by atoms with Crippen molar-refractivity contribution >= 4 is 8.38 Å². The first-order chi connectivity index (χ1) is 7.35. The predicted octanol–water partition coefficient (Wildman–Crippen LogP) is 4.73. The molecule has 0 fully saturated rings. The van der Waals surface area contributed by atoms with Crippen LogP contribution in [-0.4, -0.2) is 19.4 Å². The molecule has 92 valence electrons. The minimum absolute atomic E-state index is 0.590. The van der Waals surface area contributed by atoms with Crippen LogP contribution in [0.25, 0.3) is 0 Å². The fourth-order valence-corrected chi connectivity index (χ4v) is 2.65. The molecule has 0 saturated carbocycles. The van der Waals surface area contributed by atoms with Crippen molar-refractivity contribution in [3.05, 3.63) is 0 Å². The molecule has 0 aliphatic heterocycles. The highest BCUT2D eigenvalue weighted by atomic mass is 31.2. The van der Waals surface area contributed by atoms with Gasteiger partial charge in [0.2, 0.25) is 0 Å². The highest BCUT2D eigenvalue weighted by Gasteiger charge is 2.08. The molecule has 0 aliphatic carbocycles. The number of hydrogen-bond acceptors (Lipinski definition) is 2. The van der Waals surface area contributed by atoms with Crippen LogP contribution >= 0.6 is 8.38 Å². The zero-order chi connectivity index (χ0) is 11.4. The van der Waals surface area contributed by atoms with Crippen molar-refractivity contribution in [1.29, 1.82) is 0 Å². The smallest absolute Gasteiger partial charge is 0.170 e. The molecule has 0 rings (SSSR count). The van der Waals surface area contributed by atoms with Crippen LogP contribution in [0.3, 0.4) is 0 Å². The van der Waals surface area contributed by atoms with Crippen LogP contribution in [0.5, 0.6) is 0 Å². The highest BCUT2D eigenvalue weighted by molar-refractivity contribution is 7.47. The van der Waals surface area contributed by atoms with E-state index < -0.39 is 8.38 Å². The van der Waals surface area contributed by atoms with E-state index in [1.165, 1.54) is 25.7 Å². The predicted molar refractivity (Wildman–Crippen MR) is 68.4 cm³/mol. The Balaban J connectivity index is 3.53. The van der Waals surface area contributed by atoms with Crippen LogP contribution in [0.1, 0.15) is 59.3 Å². The second-order valence-corrected chi connectivity index (χ2v) is 5.41. The molecule has 0 spiro atoms. The lowest BCUT2D eigenvalue weighted by atomic mass is 10.4. The van der Waals surface area contributed by atoms with Gasteiger partial charge < -0.3 is 9.05 Å². The molecule has 0 aromatic rings. The summed E-state index contributed by atoms with van der Waals surface area (Å²) in [5.74, 6) is 0. The molecule has 0 aromatic heterocycles. The quantitative estimate of drug-likeness (QED) is 0.380. The third-order valence-corrected chi connectivity index (χ3v) is 3.78. The molecule has 0 amide bonds. The molecule has 0 saturated heterocycles. The zero-order valence-corrected chi connectivity index (χ0v) is 11.5. The molecule has 0 heterocycles. The molecule has 0 N–H and O–H groups in total.